The number of carbonyl (C=O) groups is 1. The topological polar surface area (TPSA) is 26.3 Å². The van der Waals surface area contributed by atoms with E-state index in [9.17, 15) is 4.79 Å². The van der Waals surface area contributed by atoms with Gasteiger partial charge in [0.1, 0.15) is 0 Å². The Bertz CT molecular complexity index is 692. The van der Waals surface area contributed by atoms with Gasteiger partial charge in [0.25, 0.3) is 0 Å². The van der Waals surface area contributed by atoms with Crippen molar-refractivity contribution in [2.24, 2.45) is 0 Å². The quantitative estimate of drug-likeness (QED) is 0.775. The van der Waals surface area contributed by atoms with Crippen molar-refractivity contribution in [2.75, 3.05) is 6.61 Å². The van der Waals surface area contributed by atoms with E-state index in [4.69, 9.17) is 4.74 Å². The molecule has 2 nitrogen and oxygen atoms in total. The van der Waals surface area contributed by atoms with Crippen molar-refractivity contribution >= 4 is 21.9 Å². The summed E-state index contributed by atoms with van der Waals surface area (Å²) >= 11 is 3.53. The standard InChI is InChI=1S/C18H17BrO2/c1-2-21-18(20)10-12-3-7-16-13(9-12)4-5-14-11-15(19)6-8-17(14)16/h3,6-9,11H,2,4-5,10H2,1H3. The Morgan fingerprint density at radius 1 is 1.10 bits per heavy atom. The molecule has 0 N–H and O–H groups in total. The van der Waals surface area contributed by atoms with Gasteiger partial charge in [-0.05, 0) is 59.7 Å². The fourth-order valence-electron chi connectivity index (χ4n) is 2.91. The maximum Gasteiger partial charge on any atom is 0.310 e. The maximum atomic E-state index is 11.6. The summed E-state index contributed by atoms with van der Waals surface area (Å²) < 4.78 is 6.14. The normalized spacial score (nSPS) is 12.5. The fraction of sp³-hybridized carbons (Fsp3) is 0.278. The first-order valence-corrected chi connectivity index (χ1v) is 8.03. The van der Waals surface area contributed by atoms with E-state index in [2.05, 4.69) is 46.3 Å². The van der Waals surface area contributed by atoms with Crippen LogP contribution < -0.4 is 0 Å². The van der Waals surface area contributed by atoms with Crippen LogP contribution in [-0.4, -0.2) is 12.6 Å². The second-order valence-electron chi connectivity index (χ2n) is 5.27. The molecule has 1 aliphatic carbocycles. The number of esters is 1. The fourth-order valence-corrected chi connectivity index (χ4v) is 3.32. The van der Waals surface area contributed by atoms with Crippen molar-refractivity contribution < 1.29 is 9.53 Å². The molecule has 1 aliphatic rings. The molecular weight excluding hydrogens is 328 g/mol. The lowest BCUT2D eigenvalue weighted by Gasteiger charge is -2.21. The van der Waals surface area contributed by atoms with Gasteiger partial charge in [-0.2, -0.15) is 0 Å². The Hall–Kier alpha value is -1.61. The summed E-state index contributed by atoms with van der Waals surface area (Å²) in [6, 6.07) is 12.8. The van der Waals surface area contributed by atoms with Crippen molar-refractivity contribution in [3.63, 3.8) is 0 Å². The Balaban J connectivity index is 1.91. The SMILES string of the molecule is CCOC(=O)Cc1ccc2c(c1)CCc1cc(Br)ccc1-2. The zero-order valence-corrected chi connectivity index (χ0v) is 13.6. The molecule has 0 amide bonds. The monoisotopic (exact) mass is 344 g/mol. The van der Waals surface area contributed by atoms with Gasteiger partial charge in [-0.25, -0.2) is 0 Å². The minimum atomic E-state index is -0.155. The number of carbonyl (C=O) groups excluding carboxylic acids is 1. The van der Waals surface area contributed by atoms with Gasteiger partial charge in [-0.15, -0.1) is 0 Å². The molecule has 0 fully saturated rings. The molecule has 0 spiro atoms. The first kappa shape index (κ1) is 14.3. The number of rotatable bonds is 3. The van der Waals surface area contributed by atoms with E-state index < -0.39 is 0 Å². The van der Waals surface area contributed by atoms with Crippen LogP contribution in [-0.2, 0) is 28.8 Å². The zero-order chi connectivity index (χ0) is 14.8. The number of fused-ring (bicyclic) bond motifs is 3. The third kappa shape index (κ3) is 3.03. The number of hydrogen-bond acceptors (Lipinski definition) is 2. The van der Waals surface area contributed by atoms with E-state index in [0.29, 0.717) is 13.0 Å². The lowest BCUT2D eigenvalue weighted by atomic mass is 9.84. The Labute approximate surface area is 133 Å². The van der Waals surface area contributed by atoms with Gasteiger partial charge in [-0.1, -0.05) is 40.2 Å². The van der Waals surface area contributed by atoms with E-state index in [0.717, 1.165) is 22.9 Å². The first-order valence-electron chi connectivity index (χ1n) is 7.23. The molecule has 0 aliphatic heterocycles. The van der Waals surface area contributed by atoms with Crippen LogP contribution in [0.5, 0.6) is 0 Å². The lowest BCUT2D eigenvalue weighted by Crippen LogP contribution is -2.09. The van der Waals surface area contributed by atoms with Gasteiger partial charge in [0, 0.05) is 4.47 Å². The third-order valence-electron chi connectivity index (χ3n) is 3.84. The van der Waals surface area contributed by atoms with Gasteiger partial charge in [0.05, 0.1) is 13.0 Å². The van der Waals surface area contributed by atoms with Crippen molar-refractivity contribution in [3.05, 3.63) is 57.6 Å². The summed E-state index contributed by atoms with van der Waals surface area (Å²) in [5.74, 6) is -0.155. The summed E-state index contributed by atoms with van der Waals surface area (Å²) in [4.78, 5) is 11.6. The third-order valence-corrected chi connectivity index (χ3v) is 4.34. The molecular formula is C18H17BrO2. The molecule has 0 saturated carbocycles. The van der Waals surface area contributed by atoms with Crippen molar-refractivity contribution in [1.82, 2.24) is 0 Å². The summed E-state index contributed by atoms with van der Waals surface area (Å²) in [7, 11) is 0. The number of aryl methyl sites for hydroxylation is 2. The second kappa shape index (κ2) is 6.02. The van der Waals surface area contributed by atoms with Gasteiger partial charge >= 0.3 is 5.97 Å². The summed E-state index contributed by atoms with van der Waals surface area (Å²) in [6.07, 6.45) is 2.43. The van der Waals surface area contributed by atoms with Crippen molar-refractivity contribution in [1.29, 1.82) is 0 Å². The number of ether oxygens (including phenoxy) is 1. The molecule has 0 bridgehead atoms. The van der Waals surface area contributed by atoms with Crippen LogP contribution in [0.3, 0.4) is 0 Å². The Morgan fingerprint density at radius 3 is 2.48 bits per heavy atom. The highest BCUT2D eigenvalue weighted by Gasteiger charge is 2.17. The van der Waals surface area contributed by atoms with Crippen LogP contribution in [0.1, 0.15) is 23.6 Å². The lowest BCUT2D eigenvalue weighted by molar-refractivity contribution is -0.142. The summed E-state index contributed by atoms with van der Waals surface area (Å²) in [6.45, 7) is 2.27. The molecule has 108 valence electrons. The molecule has 3 heteroatoms. The molecule has 0 heterocycles. The van der Waals surface area contributed by atoms with Crippen LogP contribution in [0, 0.1) is 0 Å². The first-order chi connectivity index (χ1) is 10.2. The van der Waals surface area contributed by atoms with Crippen LogP contribution in [0.4, 0.5) is 0 Å². The average Bonchev–Trinajstić information content (AvgIpc) is 2.46. The maximum absolute atomic E-state index is 11.6. The summed E-state index contributed by atoms with van der Waals surface area (Å²) in [5, 5.41) is 0. The minimum absolute atomic E-state index is 0.155. The molecule has 21 heavy (non-hydrogen) atoms. The largest absolute Gasteiger partial charge is 0.466 e. The van der Waals surface area contributed by atoms with E-state index in [-0.39, 0.29) is 5.97 Å². The predicted molar refractivity (Wildman–Crippen MR) is 87.3 cm³/mol. The van der Waals surface area contributed by atoms with Crippen molar-refractivity contribution in [3.8, 4) is 11.1 Å². The number of benzene rings is 2. The second-order valence-corrected chi connectivity index (χ2v) is 6.19. The number of hydrogen-bond donors (Lipinski definition) is 0. The molecule has 2 aromatic carbocycles. The smallest absolute Gasteiger partial charge is 0.310 e. The van der Waals surface area contributed by atoms with Crippen LogP contribution >= 0.6 is 15.9 Å². The van der Waals surface area contributed by atoms with E-state index in [1.54, 1.807) is 0 Å². The highest BCUT2D eigenvalue weighted by molar-refractivity contribution is 9.10. The molecule has 3 rings (SSSR count). The van der Waals surface area contributed by atoms with Crippen LogP contribution in [0.25, 0.3) is 11.1 Å². The van der Waals surface area contributed by atoms with Crippen LogP contribution in [0.2, 0.25) is 0 Å². The molecule has 0 atom stereocenters. The Kier molecular flexibility index (Phi) is 4.11. The van der Waals surface area contributed by atoms with Gasteiger partial charge in [0.15, 0.2) is 0 Å². The average molecular weight is 345 g/mol. The van der Waals surface area contributed by atoms with Gasteiger partial charge < -0.3 is 4.74 Å². The molecule has 0 aromatic heterocycles. The zero-order valence-electron chi connectivity index (χ0n) is 12.0. The highest BCUT2D eigenvalue weighted by atomic mass is 79.9. The summed E-state index contributed by atoms with van der Waals surface area (Å²) in [5.41, 5.74) is 6.34. The van der Waals surface area contributed by atoms with Gasteiger partial charge in [-0.3, -0.25) is 4.79 Å². The number of halogens is 1. The van der Waals surface area contributed by atoms with Gasteiger partial charge in [0.2, 0.25) is 0 Å². The molecule has 2 aromatic rings. The molecule has 0 unspecified atom stereocenters. The predicted octanol–water partition coefficient (Wildman–Crippen LogP) is 4.32. The van der Waals surface area contributed by atoms with Crippen LogP contribution in [0.15, 0.2) is 40.9 Å². The molecule has 0 radical (unpaired) electrons. The molecule has 0 saturated heterocycles. The van der Waals surface area contributed by atoms with E-state index >= 15 is 0 Å². The highest BCUT2D eigenvalue weighted by Crippen LogP contribution is 2.35. The minimum Gasteiger partial charge on any atom is -0.466 e. The Morgan fingerprint density at radius 2 is 1.76 bits per heavy atom. The van der Waals surface area contributed by atoms with E-state index in [1.807, 2.05) is 13.0 Å². The van der Waals surface area contributed by atoms with E-state index in [1.165, 1.54) is 22.3 Å². The van der Waals surface area contributed by atoms with Crippen molar-refractivity contribution in [2.45, 2.75) is 26.2 Å².